The van der Waals surface area contributed by atoms with E-state index >= 15 is 0 Å². The fourth-order valence-corrected chi connectivity index (χ4v) is 3.09. The van der Waals surface area contributed by atoms with Gasteiger partial charge in [0, 0.05) is 37.6 Å². The van der Waals surface area contributed by atoms with Crippen molar-refractivity contribution in [2.24, 2.45) is 0 Å². The number of amides is 1. The van der Waals surface area contributed by atoms with Gasteiger partial charge in [-0.15, -0.1) is 0 Å². The van der Waals surface area contributed by atoms with Gasteiger partial charge in [-0.2, -0.15) is 0 Å². The molecule has 0 saturated carbocycles. The van der Waals surface area contributed by atoms with E-state index in [1.807, 2.05) is 24.3 Å². The lowest BCUT2D eigenvalue weighted by Gasteiger charge is -2.35. The zero-order valence-corrected chi connectivity index (χ0v) is 15.9. The Labute approximate surface area is 164 Å². The number of hydrogen-bond acceptors (Lipinski definition) is 6. The van der Waals surface area contributed by atoms with E-state index in [-0.39, 0.29) is 17.9 Å². The number of esters is 1. The maximum Gasteiger partial charge on any atom is 0.338 e. The second-order valence-electron chi connectivity index (χ2n) is 6.64. The molecule has 0 bridgehead atoms. The number of ether oxygens (including phenoxy) is 1. The zero-order chi connectivity index (χ0) is 19.9. The summed E-state index contributed by atoms with van der Waals surface area (Å²) >= 11 is 0. The van der Waals surface area contributed by atoms with Crippen molar-refractivity contribution in [1.29, 1.82) is 0 Å². The lowest BCUT2D eigenvalue weighted by Crippen LogP contribution is -2.46. The van der Waals surface area contributed by atoms with Crippen molar-refractivity contribution in [1.82, 2.24) is 4.90 Å². The van der Waals surface area contributed by atoms with Crippen molar-refractivity contribution in [3.8, 4) is 5.75 Å². The molecule has 7 nitrogen and oxygen atoms in total. The van der Waals surface area contributed by atoms with Crippen LogP contribution >= 0.6 is 0 Å². The molecule has 0 aromatic heterocycles. The number of phenols is 1. The van der Waals surface area contributed by atoms with Crippen LogP contribution < -0.4 is 10.2 Å². The second-order valence-corrected chi connectivity index (χ2v) is 6.64. The molecule has 28 heavy (non-hydrogen) atoms. The number of hydrogen-bond donors (Lipinski definition) is 2. The first kappa shape index (κ1) is 19.7. The Kier molecular flexibility index (Phi) is 6.49. The van der Waals surface area contributed by atoms with E-state index in [1.54, 1.807) is 0 Å². The number of nitrogens with one attached hydrogen (secondary N) is 1. The van der Waals surface area contributed by atoms with Crippen LogP contribution in [-0.2, 0) is 9.53 Å². The molecule has 0 aliphatic carbocycles. The van der Waals surface area contributed by atoms with E-state index in [4.69, 9.17) is 4.74 Å². The van der Waals surface area contributed by atoms with Crippen LogP contribution in [0.5, 0.6) is 5.75 Å². The van der Waals surface area contributed by atoms with Gasteiger partial charge in [0.25, 0.3) is 5.91 Å². The van der Waals surface area contributed by atoms with Crippen LogP contribution in [0.4, 0.5) is 11.4 Å². The highest BCUT2D eigenvalue weighted by Gasteiger charge is 2.16. The third-order valence-electron chi connectivity index (χ3n) is 4.77. The number of piperazine rings is 1. The van der Waals surface area contributed by atoms with E-state index < -0.39 is 11.9 Å². The quantitative estimate of drug-likeness (QED) is 0.745. The summed E-state index contributed by atoms with van der Waals surface area (Å²) in [6.07, 6.45) is 0. The summed E-state index contributed by atoms with van der Waals surface area (Å²) in [6, 6.07) is 13.3. The van der Waals surface area contributed by atoms with Gasteiger partial charge in [0.15, 0.2) is 6.61 Å². The molecule has 1 saturated heterocycles. The molecular weight excluding hydrogens is 358 g/mol. The van der Waals surface area contributed by atoms with Crippen LogP contribution in [0.2, 0.25) is 0 Å². The summed E-state index contributed by atoms with van der Waals surface area (Å²) < 4.78 is 5.00. The number of likely N-dealkylation sites (N-methyl/N-ethyl adjacent to an activating group) is 1. The SMILES string of the molecule is CCN1CCN(c2ccc(NC(=O)COC(=O)c3ccc(O)cc3)cc2)CC1. The Morgan fingerprint density at radius 3 is 2.25 bits per heavy atom. The standard InChI is InChI=1S/C21H25N3O4/c1-2-23-11-13-24(14-12-23)18-7-5-17(6-8-18)22-20(26)15-28-21(27)16-3-9-19(25)10-4-16/h3-10,25H,2,11-15H2,1H3,(H,22,26). The van der Waals surface area contributed by atoms with Gasteiger partial charge in [-0.25, -0.2) is 4.79 Å². The van der Waals surface area contributed by atoms with Gasteiger partial charge in [0.2, 0.25) is 0 Å². The van der Waals surface area contributed by atoms with Crippen molar-refractivity contribution in [3.63, 3.8) is 0 Å². The van der Waals surface area contributed by atoms with Crippen LogP contribution in [-0.4, -0.2) is 61.2 Å². The third-order valence-corrected chi connectivity index (χ3v) is 4.77. The number of carbonyl (C=O) groups is 2. The molecule has 1 fully saturated rings. The van der Waals surface area contributed by atoms with E-state index in [0.717, 1.165) is 38.4 Å². The van der Waals surface area contributed by atoms with Crippen LogP contribution in [0.15, 0.2) is 48.5 Å². The minimum atomic E-state index is -0.614. The smallest absolute Gasteiger partial charge is 0.338 e. The molecule has 0 atom stereocenters. The number of rotatable bonds is 6. The Balaban J connectivity index is 1.46. The van der Waals surface area contributed by atoms with E-state index in [0.29, 0.717) is 5.69 Å². The summed E-state index contributed by atoms with van der Waals surface area (Å²) in [6.45, 7) is 6.98. The number of anilines is 2. The van der Waals surface area contributed by atoms with Crippen molar-refractivity contribution in [2.45, 2.75) is 6.92 Å². The zero-order valence-electron chi connectivity index (χ0n) is 15.9. The number of aromatic hydroxyl groups is 1. The minimum absolute atomic E-state index is 0.0602. The van der Waals surface area contributed by atoms with Gasteiger partial charge in [0.05, 0.1) is 5.56 Å². The predicted octanol–water partition coefficient (Wildman–Crippen LogP) is 2.33. The molecule has 0 unspecified atom stereocenters. The molecular formula is C21H25N3O4. The van der Waals surface area contributed by atoms with Crippen LogP contribution in [0.3, 0.4) is 0 Å². The van der Waals surface area contributed by atoms with E-state index in [1.165, 1.54) is 24.3 Å². The van der Waals surface area contributed by atoms with Crippen molar-refractivity contribution >= 4 is 23.3 Å². The van der Waals surface area contributed by atoms with Gasteiger partial charge in [-0.05, 0) is 55.1 Å². The Morgan fingerprint density at radius 2 is 1.64 bits per heavy atom. The maximum absolute atomic E-state index is 12.0. The molecule has 7 heteroatoms. The maximum atomic E-state index is 12.0. The number of carbonyl (C=O) groups excluding carboxylic acids is 2. The first-order valence-electron chi connectivity index (χ1n) is 9.38. The fourth-order valence-electron chi connectivity index (χ4n) is 3.09. The van der Waals surface area contributed by atoms with E-state index in [2.05, 4.69) is 22.0 Å². The Hall–Kier alpha value is -3.06. The number of benzene rings is 2. The molecule has 3 rings (SSSR count). The Bertz CT molecular complexity index is 797. The number of phenolic OH excluding ortho intramolecular Hbond substituents is 1. The topological polar surface area (TPSA) is 82.1 Å². The highest BCUT2D eigenvalue weighted by atomic mass is 16.5. The van der Waals surface area contributed by atoms with Gasteiger partial charge >= 0.3 is 5.97 Å². The molecule has 2 N–H and O–H groups in total. The van der Waals surface area contributed by atoms with E-state index in [9.17, 15) is 14.7 Å². The predicted molar refractivity (Wildman–Crippen MR) is 108 cm³/mol. The summed E-state index contributed by atoms with van der Waals surface area (Å²) in [5, 5.41) is 11.9. The second kappa shape index (κ2) is 9.23. The lowest BCUT2D eigenvalue weighted by atomic mass is 10.2. The van der Waals surface area contributed by atoms with Crippen molar-refractivity contribution < 1.29 is 19.4 Å². The highest BCUT2D eigenvalue weighted by Crippen LogP contribution is 2.19. The molecule has 0 radical (unpaired) electrons. The largest absolute Gasteiger partial charge is 0.508 e. The normalized spacial score (nSPS) is 14.5. The van der Waals surface area contributed by atoms with Crippen LogP contribution in [0.25, 0.3) is 0 Å². The molecule has 1 amide bonds. The Morgan fingerprint density at radius 1 is 1.00 bits per heavy atom. The lowest BCUT2D eigenvalue weighted by molar-refractivity contribution is -0.119. The van der Waals surface area contributed by atoms with Gasteiger partial charge in [-0.1, -0.05) is 6.92 Å². The van der Waals surface area contributed by atoms with Crippen molar-refractivity contribution in [2.75, 3.05) is 49.5 Å². The average molecular weight is 383 g/mol. The molecule has 148 valence electrons. The molecule has 2 aromatic carbocycles. The summed E-state index contributed by atoms with van der Waals surface area (Å²) in [5.74, 6) is -0.960. The molecule has 1 aliphatic rings. The van der Waals surface area contributed by atoms with Crippen LogP contribution in [0, 0.1) is 0 Å². The van der Waals surface area contributed by atoms with Crippen LogP contribution in [0.1, 0.15) is 17.3 Å². The average Bonchev–Trinajstić information content (AvgIpc) is 2.73. The monoisotopic (exact) mass is 383 g/mol. The summed E-state index contributed by atoms with van der Waals surface area (Å²) in [5.41, 5.74) is 2.06. The third kappa shape index (κ3) is 5.23. The molecule has 1 heterocycles. The first-order valence-corrected chi connectivity index (χ1v) is 9.38. The van der Waals surface area contributed by atoms with Gasteiger partial charge < -0.3 is 25.0 Å². The van der Waals surface area contributed by atoms with Gasteiger partial charge in [-0.3, -0.25) is 4.79 Å². The fraction of sp³-hybridized carbons (Fsp3) is 0.333. The van der Waals surface area contributed by atoms with Gasteiger partial charge in [0.1, 0.15) is 5.75 Å². The highest BCUT2D eigenvalue weighted by molar-refractivity contribution is 5.95. The molecule has 2 aromatic rings. The minimum Gasteiger partial charge on any atom is -0.508 e. The van der Waals surface area contributed by atoms with Crippen molar-refractivity contribution in [3.05, 3.63) is 54.1 Å². The number of nitrogens with zero attached hydrogens (tertiary/aromatic N) is 2. The molecule has 0 spiro atoms. The summed E-state index contributed by atoms with van der Waals surface area (Å²) in [4.78, 5) is 28.7. The molecule has 1 aliphatic heterocycles. The first-order chi connectivity index (χ1) is 13.5. The summed E-state index contributed by atoms with van der Waals surface area (Å²) in [7, 11) is 0.